The highest BCUT2D eigenvalue weighted by atomic mass is 16.5. The fourth-order valence-corrected chi connectivity index (χ4v) is 7.00. The zero-order valence-electron chi connectivity index (χ0n) is 19.2. The number of fused-ring (bicyclic) bond motifs is 13. The fraction of sp³-hybridized carbons (Fsp3) is 0.259. The van der Waals surface area contributed by atoms with Gasteiger partial charge in [0, 0.05) is 44.7 Å². The summed E-state index contributed by atoms with van der Waals surface area (Å²) in [6.07, 6.45) is 1.73. The first-order chi connectivity index (χ1) is 17.0. The number of methoxy groups -OCH3 is 2. The first-order valence-corrected chi connectivity index (χ1v) is 11.8. The molecule has 8 rings (SSSR count). The zero-order chi connectivity index (χ0) is 23.7. The Kier molecular flexibility index (Phi) is 3.38. The molecule has 0 spiro atoms. The van der Waals surface area contributed by atoms with Gasteiger partial charge in [-0.15, -0.1) is 0 Å². The molecule has 1 saturated carbocycles. The maximum Gasteiger partial charge on any atom is 0.259 e. The highest BCUT2D eigenvalue weighted by Crippen LogP contribution is 2.53. The number of nitrogens with two attached hydrogens (primary N) is 1. The van der Waals surface area contributed by atoms with E-state index in [2.05, 4.69) is 20.5 Å². The van der Waals surface area contributed by atoms with Gasteiger partial charge < -0.3 is 24.3 Å². The van der Waals surface area contributed by atoms with Crippen molar-refractivity contribution in [2.24, 2.45) is 5.73 Å². The number of carbonyl (C=O) groups is 2. The van der Waals surface area contributed by atoms with Crippen molar-refractivity contribution in [2.45, 2.75) is 31.0 Å². The van der Waals surface area contributed by atoms with Crippen LogP contribution >= 0.6 is 0 Å². The second-order valence-corrected chi connectivity index (χ2v) is 9.84. The highest BCUT2D eigenvalue weighted by Gasteiger charge is 2.44. The number of nitrogens with zero attached hydrogens (tertiary/aromatic N) is 2. The van der Waals surface area contributed by atoms with Crippen LogP contribution < -0.4 is 20.5 Å². The van der Waals surface area contributed by atoms with Gasteiger partial charge in [-0.2, -0.15) is 0 Å². The van der Waals surface area contributed by atoms with Crippen molar-refractivity contribution in [3.05, 3.63) is 47.5 Å². The van der Waals surface area contributed by atoms with Crippen LogP contribution in [0.1, 0.15) is 45.6 Å². The topological polar surface area (TPSA) is 101 Å². The second-order valence-electron chi connectivity index (χ2n) is 9.84. The van der Waals surface area contributed by atoms with Crippen LogP contribution in [0.15, 0.2) is 36.4 Å². The van der Waals surface area contributed by atoms with Crippen LogP contribution in [0.2, 0.25) is 0 Å². The molecule has 35 heavy (non-hydrogen) atoms. The van der Waals surface area contributed by atoms with E-state index in [1.54, 1.807) is 14.2 Å². The van der Waals surface area contributed by atoms with Crippen LogP contribution in [0, 0.1) is 0 Å². The number of benzene rings is 3. The summed E-state index contributed by atoms with van der Waals surface area (Å²) in [6.45, 7) is 0. The number of nitrogens with one attached hydrogen (secondary N) is 1. The van der Waals surface area contributed by atoms with Crippen LogP contribution in [0.3, 0.4) is 0 Å². The summed E-state index contributed by atoms with van der Waals surface area (Å²) in [4.78, 5) is 26.6. The van der Waals surface area contributed by atoms with Crippen molar-refractivity contribution < 1.29 is 19.1 Å². The van der Waals surface area contributed by atoms with Gasteiger partial charge in [0.2, 0.25) is 0 Å². The summed E-state index contributed by atoms with van der Waals surface area (Å²) in [5.41, 5.74) is 11.6. The van der Waals surface area contributed by atoms with E-state index in [4.69, 9.17) is 15.2 Å². The molecule has 2 amide bonds. The zero-order valence-corrected chi connectivity index (χ0v) is 19.2. The smallest absolute Gasteiger partial charge is 0.259 e. The van der Waals surface area contributed by atoms with E-state index < -0.39 is 0 Å². The minimum atomic E-state index is -0.365. The lowest BCUT2D eigenvalue weighted by Crippen LogP contribution is -2.27. The Bertz CT molecular complexity index is 1830. The maximum atomic E-state index is 13.3. The molecule has 2 unspecified atom stereocenters. The molecule has 1 fully saturated rings. The highest BCUT2D eigenvalue weighted by molar-refractivity contribution is 6.39. The molecule has 8 nitrogen and oxygen atoms in total. The predicted molar refractivity (Wildman–Crippen MR) is 133 cm³/mol. The van der Waals surface area contributed by atoms with Crippen molar-refractivity contribution in [3.63, 3.8) is 0 Å². The van der Waals surface area contributed by atoms with Crippen molar-refractivity contribution in [1.82, 2.24) is 14.5 Å². The third-order valence-electron chi connectivity index (χ3n) is 8.32. The number of rotatable bonds is 2. The summed E-state index contributed by atoms with van der Waals surface area (Å²) in [6, 6.07) is 12.2. The molecule has 2 aliphatic heterocycles. The van der Waals surface area contributed by atoms with E-state index in [0.29, 0.717) is 22.6 Å². The number of aromatic nitrogens is 2. The van der Waals surface area contributed by atoms with Gasteiger partial charge in [0.1, 0.15) is 11.5 Å². The Balaban J connectivity index is 1.74. The van der Waals surface area contributed by atoms with Gasteiger partial charge in [0.05, 0.1) is 42.4 Å². The fourth-order valence-electron chi connectivity index (χ4n) is 7.00. The molecular formula is C27H22N4O4. The van der Waals surface area contributed by atoms with E-state index in [1.165, 1.54) is 0 Å². The minimum Gasteiger partial charge on any atom is -0.497 e. The maximum absolute atomic E-state index is 13.3. The summed E-state index contributed by atoms with van der Waals surface area (Å²) < 4.78 is 15.8. The lowest BCUT2D eigenvalue weighted by Gasteiger charge is -2.21. The van der Waals surface area contributed by atoms with Gasteiger partial charge in [-0.25, -0.2) is 0 Å². The second kappa shape index (κ2) is 6.14. The molecule has 174 valence electrons. The summed E-state index contributed by atoms with van der Waals surface area (Å²) in [5, 5.41) is 5.98. The molecular weight excluding hydrogens is 444 g/mol. The van der Waals surface area contributed by atoms with Crippen molar-refractivity contribution in [3.8, 4) is 11.5 Å². The molecule has 3 aliphatic rings. The molecule has 0 radical (unpaired) electrons. The molecule has 4 heterocycles. The van der Waals surface area contributed by atoms with E-state index in [0.717, 1.165) is 56.5 Å². The number of carbonyl (C=O) groups excluding carboxylic acids is 2. The van der Waals surface area contributed by atoms with Crippen molar-refractivity contribution >= 4 is 55.4 Å². The van der Waals surface area contributed by atoms with Gasteiger partial charge in [-0.05, 0) is 49.2 Å². The third kappa shape index (κ3) is 2.09. The minimum absolute atomic E-state index is 0.0245. The van der Waals surface area contributed by atoms with Crippen molar-refractivity contribution in [1.29, 1.82) is 0 Å². The standard InChI is InChI=1S/C27H22N4O4/c1-34-12-3-5-17-14(9-12)20-22-23(27(33)29-26(22)32)21-15-10-13(35-2)4-6-18(15)31-19-8-11(7-16(19)28)30(17)24(20)25(21)31/h3-6,9-11,16,19H,7-8,28H2,1-2H3,(H,29,32,33)/t11?,16-,19?/m0/s1. The average Bonchev–Trinajstić information content (AvgIpc) is 3.54. The predicted octanol–water partition coefficient (Wildman–Crippen LogP) is 4.02. The molecule has 3 aromatic carbocycles. The molecule has 2 aromatic heterocycles. The van der Waals surface area contributed by atoms with Crippen LogP contribution in [0.5, 0.6) is 11.5 Å². The summed E-state index contributed by atoms with van der Waals surface area (Å²) >= 11 is 0. The van der Waals surface area contributed by atoms with Gasteiger partial charge in [0.15, 0.2) is 0 Å². The van der Waals surface area contributed by atoms with E-state index in [9.17, 15) is 9.59 Å². The van der Waals surface area contributed by atoms with Gasteiger partial charge in [0.25, 0.3) is 11.8 Å². The molecule has 3 atom stereocenters. The Morgan fingerprint density at radius 2 is 1.37 bits per heavy atom. The molecule has 8 heteroatoms. The Labute approximate surface area is 199 Å². The number of hydrogen-bond acceptors (Lipinski definition) is 5. The number of imide groups is 1. The van der Waals surface area contributed by atoms with Gasteiger partial charge in [-0.3, -0.25) is 14.9 Å². The number of amides is 2. The molecule has 1 aliphatic carbocycles. The SMILES string of the molecule is COc1ccc2c(c1)c1c3c(c4c5cc(OC)ccc5n5c4c1n2C1CC5[C@@H](N)C1)C(=O)NC3=O. The lowest BCUT2D eigenvalue weighted by atomic mass is 9.96. The molecule has 5 aromatic rings. The van der Waals surface area contributed by atoms with E-state index >= 15 is 0 Å². The van der Waals surface area contributed by atoms with Crippen LogP contribution in [-0.4, -0.2) is 41.2 Å². The van der Waals surface area contributed by atoms with E-state index in [1.807, 2.05) is 30.3 Å². The first-order valence-electron chi connectivity index (χ1n) is 11.8. The first kappa shape index (κ1) is 19.3. The summed E-state index contributed by atoms with van der Waals surface area (Å²) in [7, 11) is 3.26. The largest absolute Gasteiger partial charge is 0.497 e. The Morgan fingerprint density at radius 3 is 1.94 bits per heavy atom. The van der Waals surface area contributed by atoms with Crippen LogP contribution in [0.25, 0.3) is 43.6 Å². The Hall–Kier alpha value is -4.04. The van der Waals surface area contributed by atoms with Gasteiger partial charge >= 0.3 is 0 Å². The third-order valence-corrected chi connectivity index (χ3v) is 8.32. The molecule has 3 N–H and O–H groups in total. The molecule has 2 bridgehead atoms. The van der Waals surface area contributed by atoms with Crippen LogP contribution in [0.4, 0.5) is 0 Å². The molecule has 0 saturated heterocycles. The number of hydrogen-bond donors (Lipinski definition) is 2. The lowest BCUT2D eigenvalue weighted by molar-refractivity contribution is 0.0880. The van der Waals surface area contributed by atoms with E-state index in [-0.39, 0.29) is 29.9 Å². The summed E-state index contributed by atoms with van der Waals surface area (Å²) in [5.74, 6) is 0.685. The monoisotopic (exact) mass is 466 g/mol. The van der Waals surface area contributed by atoms with Gasteiger partial charge in [-0.1, -0.05) is 0 Å². The Morgan fingerprint density at radius 1 is 0.829 bits per heavy atom. The normalized spacial score (nSPS) is 22.5. The van der Waals surface area contributed by atoms with Crippen LogP contribution in [-0.2, 0) is 0 Å². The number of ether oxygens (including phenoxy) is 2. The van der Waals surface area contributed by atoms with Crippen molar-refractivity contribution in [2.75, 3.05) is 14.2 Å². The average molecular weight is 466 g/mol. The quantitative estimate of drug-likeness (QED) is 0.383.